The lowest BCUT2D eigenvalue weighted by molar-refractivity contribution is -0.122. The molecule has 1 aliphatic rings. The van der Waals surface area contributed by atoms with Gasteiger partial charge in [-0.05, 0) is 48.6 Å². The zero-order valence-corrected chi connectivity index (χ0v) is 15.7. The molecule has 1 saturated heterocycles. The Morgan fingerprint density at radius 2 is 1.85 bits per heavy atom. The Hall–Kier alpha value is -2.62. The number of benzene rings is 2. The highest BCUT2D eigenvalue weighted by Crippen LogP contribution is 2.28. The molecule has 1 N–H and O–H groups in total. The molecule has 0 spiro atoms. The fourth-order valence-corrected chi connectivity index (χ4v) is 3.47. The molecule has 0 aliphatic carbocycles. The molecule has 3 rings (SSSR count). The Morgan fingerprint density at radius 1 is 1.12 bits per heavy atom. The van der Waals surface area contributed by atoms with Crippen LogP contribution < -0.4 is 10.2 Å². The van der Waals surface area contributed by atoms with Crippen LogP contribution in [0.5, 0.6) is 0 Å². The normalized spacial score (nSPS) is 16.8. The molecule has 1 aliphatic heterocycles. The SMILES string of the molecule is CCc1ccc(N2C[C@@H](C(=O)Nc3c(C)cccc3CC)CC2=O)cc1. The monoisotopic (exact) mass is 350 g/mol. The number of carbonyl (C=O) groups excluding carboxylic acids is 2. The molecular weight excluding hydrogens is 324 g/mol. The van der Waals surface area contributed by atoms with Crippen molar-refractivity contribution in [1.29, 1.82) is 0 Å². The van der Waals surface area contributed by atoms with Crippen molar-refractivity contribution in [1.82, 2.24) is 0 Å². The van der Waals surface area contributed by atoms with E-state index < -0.39 is 0 Å². The fraction of sp³-hybridized carbons (Fsp3) is 0.364. The summed E-state index contributed by atoms with van der Waals surface area (Å²) in [5.74, 6) is -0.386. The predicted molar refractivity (Wildman–Crippen MR) is 105 cm³/mol. The van der Waals surface area contributed by atoms with Crippen LogP contribution in [0.1, 0.15) is 37.0 Å². The zero-order valence-electron chi connectivity index (χ0n) is 15.7. The van der Waals surface area contributed by atoms with Gasteiger partial charge in [0.15, 0.2) is 0 Å². The van der Waals surface area contributed by atoms with E-state index in [0.29, 0.717) is 6.54 Å². The summed E-state index contributed by atoms with van der Waals surface area (Å²) in [7, 11) is 0. The van der Waals surface area contributed by atoms with E-state index in [2.05, 4.69) is 19.2 Å². The van der Waals surface area contributed by atoms with Crippen LogP contribution in [-0.4, -0.2) is 18.4 Å². The smallest absolute Gasteiger partial charge is 0.229 e. The molecule has 0 aromatic heterocycles. The predicted octanol–water partition coefficient (Wildman–Crippen LogP) is 4.11. The quantitative estimate of drug-likeness (QED) is 0.882. The molecule has 1 fully saturated rings. The van der Waals surface area contributed by atoms with Crippen molar-refractivity contribution in [3.8, 4) is 0 Å². The Morgan fingerprint density at radius 3 is 2.50 bits per heavy atom. The van der Waals surface area contributed by atoms with Gasteiger partial charge in [-0.3, -0.25) is 9.59 Å². The van der Waals surface area contributed by atoms with E-state index in [4.69, 9.17) is 0 Å². The summed E-state index contributed by atoms with van der Waals surface area (Å²) in [6.45, 7) is 6.61. The summed E-state index contributed by atoms with van der Waals surface area (Å²) in [6.07, 6.45) is 2.08. The molecule has 0 radical (unpaired) electrons. The van der Waals surface area contributed by atoms with Crippen LogP contribution in [0.3, 0.4) is 0 Å². The average molecular weight is 350 g/mol. The Labute approximate surface area is 155 Å². The fourth-order valence-electron chi connectivity index (χ4n) is 3.47. The molecule has 4 nitrogen and oxygen atoms in total. The van der Waals surface area contributed by atoms with Gasteiger partial charge in [-0.25, -0.2) is 0 Å². The van der Waals surface area contributed by atoms with Crippen LogP contribution in [-0.2, 0) is 22.4 Å². The molecule has 2 amide bonds. The summed E-state index contributed by atoms with van der Waals surface area (Å²) < 4.78 is 0. The van der Waals surface area contributed by atoms with E-state index in [1.165, 1.54) is 5.56 Å². The molecule has 2 aromatic carbocycles. The van der Waals surface area contributed by atoms with Crippen LogP contribution in [0, 0.1) is 12.8 Å². The lowest BCUT2D eigenvalue weighted by atomic mass is 10.0. The van der Waals surface area contributed by atoms with Crippen molar-refractivity contribution in [3.05, 3.63) is 59.2 Å². The maximum atomic E-state index is 12.8. The van der Waals surface area contributed by atoms with Gasteiger partial charge in [0.1, 0.15) is 0 Å². The third-order valence-corrected chi connectivity index (χ3v) is 5.14. The van der Waals surface area contributed by atoms with Crippen LogP contribution in [0.15, 0.2) is 42.5 Å². The topological polar surface area (TPSA) is 49.4 Å². The van der Waals surface area contributed by atoms with Gasteiger partial charge in [-0.1, -0.05) is 44.2 Å². The number of nitrogens with one attached hydrogen (secondary N) is 1. The second-order valence-corrected chi connectivity index (χ2v) is 6.88. The number of anilines is 2. The number of aryl methyl sites for hydroxylation is 3. The lowest BCUT2D eigenvalue weighted by Gasteiger charge is -2.18. The molecule has 1 atom stereocenters. The first kappa shape index (κ1) is 18.2. The van der Waals surface area contributed by atoms with Gasteiger partial charge in [0.2, 0.25) is 11.8 Å². The number of carbonyl (C=O) groups is 2. The Balaban J connectivity index is 1.73. The summed E-state index contributed by atoms with van der Waals surface area (Å²) >= 11 is 0. The van der Waals surface area contributed by atoms with Gasteiger partial charge in [0.25, 0.3) is 0 Å². The highest BCUT2D eigenvalue weighted by atomic mass is 16.2. The van der Waals surface area contributed by atoms with Gasteiger partial charge < -0.3 is 10.2 Å². The Kier molecular flexibility index (Phi) is 5.40. The lowest BCUT2D eigenvalue weighted by Crippen LogP contribution is -2.28. The maximum absolute atomic E-state index is 12.8. The van der Waals surface area contributed by atoms with Crippen molar-refractivity contribution in [3.63, 3.8) is 0 Å². The highest BCUT2D eigenvalue weighted by Gasteiger charge is 2.35. The third-order valence-electron chi connectivity index (χ3n) is 5.14. The standard InChI is InChI=1S/C22H26N2O2/c1-4-16-9-11-19(12-10-16)24-14-18(13-20(24)25)22(26)23-21-15(3)7-6-8-17(21)5-2/h6-12,18H,4-5,13-14H2,1-3H3,(H,23,26)/t18-/m0/s1. The molecule has 4 heteroatoms. The molecule has 2 aromatic rings. The molecule has 26 heavy (non-hydrogen) atoms. The van der Waals surface area contributed by atoms with Crippen LogP contribution in [0.2, 0.25) is 0 Å². The van der Waals surface area contributed by atoms with Crippen LogP contribution in [0.25, 0.3) is 0 Å². The maximum Gasteiger partial charge on any atom is 0.229 e. The van der Waals surface area contributed by atoms with Crippen molar-refractivity contribution in [2.24, 2.45) is 5.92 Å². The minimum atomic E-state index is -0.322. The summed E-state index contributed by atoms with van der Waals surface area (Å²) in [5, 5.41) is 3.06. The zero-order chi connectivity index (χ0) is 18.7. The third kappa shape index (κ3) is 3.64. The minimum Gasteiger partial charge on any atom is -0.325 e. The van der Waals surface area contributed by atoms with Crippen molar-refractivity contribution in [2.45, 2.75) is 40.0 Å². The van der Waals surface area contributed by atoms with E-state index in [1.807, 2.05) is 49.4 Å². The first-order valence-corrected chi connectivity index (χ1v) is 9.32. The Bertz CT molecular complexity index is 811. The molecule has 0 saturated carbocycles. The van der Waals surface area contributed by atoms with Gasteiger partial charge in [0, 0.05) is 24.3 Å². The average Bonchev–Trinajstić information content (AvgIpc) is 3.05. The van der Waals surface area contributed by atoms with Gasteiger partial charge in [0.05, 0.1) is 5.92 Å². The number of rotatable bonds is 5. The van der Waals surface area contributed by atoms with Crippen LogP contribution >= 0.6 is 0 Å². The number of hydrogen-bond donors (Lipinski definition) is 1. The van der Waals surface area contributed by atoms with E-state index in [-0.39, 0.29) is 24.2 Å². The van der Waals surface area contributed by atoms with E-state index in [9.17, 15) is 9.59 Å². The molecular formula is C22H26N2O2. The van der Waals surface area contributed by atoms with Crippen molar-refractivity contribution < 1.29 is 9.59 Å². The minimum absolute atomic E-state index is 0.00916. The van der Waals surface area contributed by atoms with Gasteiger partial charge in [-0.15, -0.1) is 0 Å². The first-order chi connectivity index (χ1) is 12.5. The van der Waals surface area contributed by atoms with Gasteiger partial charge >= 0.3 is 0 Å². The summed E-state index contributed by atoms with van der Waals surface area (Å²) in [6, 6.07) is 14.0. The first-order valence-electron chi connectivity index (χ1n) is 9.32. The second kappa shape index (κ2) is 7.73. The molecule has 0 unspecified atom stereocenters. The van der Waals surface area contributed by atoms with E-state index in [1.54, 1.807) is 4.90 Å². The molecule has 0 bridgehead atoms. The number of amides is 2. The van der Waals surface area contributed by atoms with Crippen molar-refractivity contribution in [2.75, 3.05) is 16.8 Å². The summed E-state index contributed by atoms with van der Waals surface area (Å²) in [4.78, 5) is 26.9. The van der Waals surface area contributed by atoms with Gasteiger partial charge in [-0.2, -0.15) is 0 Å². The van der Waals surface area contributed by atoms with E-state index in [0.717, 1.165) is 35.3 Å². The number of para-hydroxylation sites is 1. The van der Waals surface area contributed by atoms with Crippen molar-refractivity contribution >= 4 is 23.2 Å². The summed E-state index contributed by atoms with van der Waals surface area (Å²) in [5.41, 5.74) is 5.16. The largest absolute Gasteiger partial charge is 0.325 e. The van der Waals surface area contributed by atoms with Crippen LogP contribution in [0.4, 0.5) is 11.4 Å². The highest BCUT2D eigenvalue weighted by molar-refractivity contribution is 6.04. The number of hydrogen-bond acceptors (Lipinski definition) is 2. The van der Waals surface area contributed by atoms with E-state index >= 15 is 0 Å². The molecule has 136 valence electrons. The number of nitrogens with zero attached hydrogens (tertiary/aromatic N) is 1. The molecule has 1 heterocycles. The second-order valence-electron chi connectivity index (χ2n) is 6.88.